The van der Waals surface area contributed by atoms with E-state index in [9.17, 15) is 4.79 Å². The van der Waals surface area contributed by atoms with Crippen LogP contribution in [0, 0.1) is 6.92 Å². The zero-order chi connectivity index (χ0) is 12.4. The van der Waals surface area contributed by atoms with Crippen molar-refractivity contribution in [3.05, 3.63) is 16.4 Å². The van der Waals surface area contributed by atoms with E-state index in [1.165, 1.54) is 12.8 Å². The summed E-state index contributed by atoms with van der Waals surface area (Å²) in [6.45, 7) is 5.05. The van der Waals surface area contributed by atoms with Gasteiger partial charge in [-0.2, -0.15) is 5.10 Å². The van der Waals surface area contributed by atoms with Crippen LogP contribution >= 0.6 is 11.6 Å². The first-order valence-electron chi connectivity index (χ1n) is 6.08. The van der Waals surface area contributed by atoms with Crippen LogP contribution in [-0.2, 0) is 17.8 Å². The van der Waals surface area contributed by atoms with Crippen molar-refractivity contribution in [2.75, 3.05) is 6.54 Å². The molecule has 0 atom stereocenters. The molecule has 0 spiro atoms. The quantitative estimate of drug-likeness (QED) is 0.842. The highest BCUT2D eigenvalue weighted by Gasteiger charge is 2.22. The van der Waals surface area contributed by atoms with Crippen LogP contribution in [-0.4, -0.2) is 28.2 Å². The smallest absolute Gasteiger partial charge is 0.152 e. The molecule has 17 heavy (non-hydrogen) atoms. The van der Waals surface area contributed by atoms with Gasteiger partial charge in [0.25, 0.3) is 0 Å². The highest BCUT2D eigenvalue weighted by atomic mass is 35.5. The summed E-state index contributed by atoms with van der Waals surface area (Å²) < 4.78 is 1.81. The molecule has 94 valence electrons. The molecular weight excluding hydrogens is 238 g/mol. The van der Waals surface area contributed by atoms with E-state index in [4.69, 9.17) is 11.6 Å². The lowest BCUT2D eigenvalue weighted by molar-refractivity contribution is -0.117. The maximum atomic E-state index is 11.8. The van der Waals surface area contributed by atoms with E-state index in [0.29, 0.717) is 24.0 Å². The summed E-state index contributed by atoms with van der Waals surface area (Å²) in [7, 11) is 0. The van der Waals surface area contributed by atoms with E-state index in [2.05, 4.69) is 10.4 Å². The minimum absolute atomic E-state index is 0.174. The van der Waals surface area contributed by atoms with Gasteiger partial charge in [0.15, 0.2) is 5.78 Å². The molecule has 0 unspecified atom stereocenters. The topological polar surface area (TPSA) is 46.9 Å². The van der Waals surface area contributed by atoms with Crippen LogP contribution in [0.2, 0.25) is 5.02 Å². The third-order valence-electron chi connectivity index (χ3n) is 2.98. The monoisotopic (exact) mass is 255 g/mol. The van der Waals surface area contributed by atoms with Crippen LogP contribution in [0.3, 0.4) is 0 Å². The van der Waals surface area contributed by atoms with Crippen LogP contribution in [0.15, 0.2) is 0 Å². The van der Waals surface area contributed by atoms with Crippen LogP contribution in [0.25, 0.3) is 0 Å². The van der Waals surface area contributed by atoms with Gasteiger partial charge in [-0.15, -0.1) is 0 Å². The van der Waals surface area contributed by atoms with Gasteiger partial charge in [0.2, 0.25) is 0 Å². The summed E-state index contributed by atoms with van der Waals surface area (Å²) in [5, 5.41) is 8.15. The van der Waals surface area contributed by atoms with Crippen molar-refractivity contribution in [2.45, 2.75) is 45.7 Å². The molecule has 1 aromatic rings. The molecule has 0 aliphatic heterocycles. The summed E-state index contributed by atoms with van der Waals surface area (Å²) in [5.74, 6) is 0.174. The average molecular weight is 256 g/mol. The zero-order valence-corrected chi connectivity index (χ0v) is 11.0. The number of carbonyl (C=O) groups is 1. The molecule has 1 heterocycles. The van der Waals surface area contributed by atoms with Crippen molar-refractivity contribution in [1.82, 2.24) is 15.1 Å². The number of rotatable bonds is 6. The molecule has 1 aromatic heterocycles. The molecule has 5 heteroatoms. The van der Waals surface area contributed by atoms with E-state index in [0.717, 1.165) is 17.9 Å². The van der Waals surface area contributed by atoms with Gasteiger partial charge in [-0.25, -0.2) is 0 Å². The number of hydrogen-bond acceptors (Lipinski definition) is 3. The standard InChI is InChI=1S/C12H18ClN3O/c1-3-16-11(12(13)8(2)15-16)6-10(17)7-14-9-4-5-9/h9,14H,3-7H2,1-2H3. The second-order valence-electron chi connectivity index (χ2n) is 4.53. The minimum atomic E-state index is 0.174. The van der Waals surface area contributed by atoms with E-state index >= 15 is 0 Å². The fourth-order valence-corrected chi connectivity index (χ4v) is 2.03. The predicted molar refractivity (Wildman–Crippen MR) is 67.4 cm³/mol. The molecule has 1 fully saturated rings. The predicted octanol–water partition coefficient (Wildman–Crippen LogP) is 1.73. The molecule has 0 amide bonds. The van der Waals surface area contributed by atoms with Gasteiger partial charge in [-0.3, -0.25) is 9.48 Å². The number of aryl methyl sites for hydroxylation is 2. The van der Waals surface area contributed by atoms with Gasteiger partial charge in [0.05, 0.1) is 29.4 Å². The van der Waals surface area contributed by atoms with Gasteiger partial charge in [0.1, 0.15) is 0 Å². The number of nitrogens with one attached hydrogen (secondary N) is 1. The van der Waals surface area contributed by atoms with E-state index in [1.54, 1.807) is 0 Å². The number of ketones is 1. The van der Waals surface area contributed by atoms with Crippen LogP contribution in [0.1, 0.15) is 31.2 Å². The van der Waals surface area contributed by atoms with Crippen molar-refractivity contribution >= 4 is 17.4 Å². The first-order valence-corrected chi connectivity index (χ1v) is 6.46. The Kier molecular flexibility index (Phi) is 3.84. The molecule has 1 aliphatic rings. The molecule has 1 aliphatic carbocycles. The SMILES string of the molecule is CCn1nc(C)c(Cl)c1CC(=O)CNC1CC1. The molecular formula is C12H18ClN3O. The lowest BCUT2D eigenvalue weighted by Gasteiger charge is -2.05. The van der Waals surface area contributed by atoms with Crippen LogP contribution < -0.4 is 5.32 Å². The summed E-state index contributed by atoms with van der Waals surface area (Å²) in [4.78, 5) is 11.8. The van der Waals surface area contributed by atoms with E-state index in [1.807, 2.05) is 18.5 Å². The summed E-state index contributed by atoms with van der Waals surface area (Å²) in [6.07, 6.45) is 2.76. The van der Waals surface area contributed by atoms with E-state index < -0.39 is 0 Å². The maximum Gasteiger partial charge on any atom is 0.152 e. The Hall–Kier alpha value is -0.870. The summed E-state index contributed by atoms with van der Waals surface area (Å²) in [6, 6.07) is 0.562. The Bertz CT molecular complexity index is 424. The molecule has 0 bridgehead atoms. The van der Waals surface area contributed by atoms with Crippen LogP contribution in [0.4, 0.5) is 0 Å². The highest BCUT2D eigenvalue weighted by molar-refractivity contribution is 6.32. The first kappa shape index (κ1) is 12.6. The number of nitrogens with zero attached hydrogens (tertiary/aromatic N) is 2. The van der Waals surface area contributed by atoms with Gasteiger partial charge in [-0.1, -0.05) is 11.6 Å². The zero-order valence-electron chi connectivity index (χ0n) is 10.3. The molecule has 4 nitrogen and oxygen atoms in total. The minimum Gasteiger partial charge on any atom is -0.307 e. The molecule has 1 N–H and O–H groups in total. The number of halogens is 1. The summed E-state index contributed by atoms with van der Waals surface area (Å²) >= 11 is 6.16. The highest BCUT2D eigenvalue weighted by Crippen LogP contribution is 2.21. The van der Waals surface area contributed by atoms with Gasteiger partial charge in [0, 0.05) is 12.6 Å². The largest absolute Gasteiger partial charge is 0.307 e. The molecule has 0 radical (unpaired) electrons. The Labute approximate surface area is 106 Å². The molecule has 1 saturated carbocycles. The fourth-order valence-electron chi connectivity index (χ4n) is 1.83. The molecule has 0 aromatic carbocycles. The van der Waals surface area contributed by atoms with Crippen molar-refractivity contribution in [2.24, 2.45) is 0 Å². The second kappa shape index (κ2) is 5.19. The number of aromatic nitrogens is 2. The fraction of sp³-hybridized carbons (Fsp3) is 0.667. The van der Waals surface area contributed by atoms with Crippen molar-refractivity contribution in [3.8, 4) is 0 Å². The van der Waals surface area contributed by atoms with Gasteiger partial charge >= 0.3 is 0 Å². The molecule has 0 saturated heterocycles. The number of hydrogen-bond donors (Lipinski definition) is 1. The lowest BCUT2D eigenvalue weighted by atomic mass is 10.2. The van der Waals surface area contributed by atoms with Crippen molar-refractivity contribution in [1.29, 1.82) is 0 Å². The first-order chi connectivity index (χ1) is 8.11. The van der Waals surface area contributed by atoms with E-state index in [-0.39, 0.29) is 5.78 Å². The third-order valence-corrected chi connectivity index (χ3v) is 3.47. The Morgan fingerprint density at radius 3 is 2.88 bits per heavy atom. The normalized spacial score (nSPS) is 15.2. The van der Waals surface area contributed by atoms with Gasteiger partial charge < -0.3 is 5.32 Å². The Balaban J connectivity index is 1.98. The van der Waals surface area contributed by atoms with Crippen molar-refractivity contribution in [3.63, 3.8) is 0 Å². The number of Topliss-reactive ketones (excluding diaryl/α,β-unsaturated/α-hetero) is 1. The van der Waals surface area contributed by atoms with Gasteiger partial charge in [-0.05, 0) is 26.7 Å². The third kappa shape index (κ3) is 3.07. The maximum absolute atomic E-state index is 11.8. The lowest BCUT2D eigenvalue weighted by Crippen LogP contribution is -2.26. The average Bonchev–Trinajstić information content (AvgIpc) is 3.09. The van der Waals surface area contributed by atoms with Crippen molar-refractivity contribution < 1.29 is 4.79 Å². The second-order valence-corrected chi connectivity index (χ2v) is 4.91. The summed E-state index contributed by atoms with van der Waals surface area (Å²) in [5.41, 5.74) is 1.64. The Morgan fingerprint density at radius 1 is 1.59 bits per heavy atom. The Morgan fingerprint density at radius 2 is 2.29 bits per heavy atom. The number of carbonyl (C=O) groups excluding carboxylic acids is 1. The molecule has 2 rings (SSSR count). The van der Waals surface area contributed by atoms with Crippen LogP contribution in [0.5, 0.6) is 0 Å².